The predicted molar refractivity (Wildman–Crippen MR) is 97.4 cm³/mol. The van der Waals surface area contributed by atoms with Crippen molar-refractivity contribution in [1.29, 1.82) is 0 Å². The topological polar surface area (TPSA) is 75.5 Å². The largest absolute Gasteiger partial charge is 0.377 e. The smallest absolute Gasteiger partial charge is 0.321 e. The van der Waals surface area contributed by atoms with Gasteiger partial charge in [0.2, 0.25) is 0 Å². The molecule has 0 radical (unpaired) electrons. The van der Waals surface area contributed by atoms with Crippen LogP contribution in [0.1, 0.15) is 12.8 Å². The van der Waals surface area contributed by atoms with E-state index in [1.807, 2.05) is 29.2 Å². The van der Waals surface area contributed by atoms with Crippen LogP contribution in [0.5, 0.6) is 0 Å². The van der Waals surface area contributed by atoms with Gasteiger partial charge in [0.05, 0.1) is 11.8 Å². The second-order valence-corrected chi connectivity index (χ2v) is 6.74. The summed E-state index contributed by atoms with van der Waals surface area (Å²) in [5.74, 6) is 0. The molecule has 1 aromatic heterocycles. The molecule has 2 aromatic rings. The molecule has 4 rings (SSSR count). The lowest BCUT2D eigenvalue weighted by atomic mass is 10.2. The monoisotopic (exact) mass is 356 g/mol. The fourth-order valence-corrected chi connectivity index (χ4v) is 3.45. The summed E-state index contributed by atoms with van der Waals surface area (Å²) >= 11 is 0. The van der Waals surface area contributed by atoms with Crippen molar-refractivity contribution >= 4 is 11.7 Å². The number of benzene rings is 1. The Labute approximate surface area is 152 Å². The summed E-state index contributed by atoms with van der Waals surface area (Å²) in [6, 6.07) is 7.52. The molecule has 2 saturated heterocycles. The van der Waals surface area contributed by atoms with Gasteiger partial charge in [-0.3, -0.25) is 4.90 Å². The van der Waals surface area contributed by atoms with Gasteiger partial charge >= 0.3 is 6.03 Å². The third kappa shape index (κ3) is 4.03. The normalized spacial score (nSPS) is 21.1. The molecule has 8 nitrogen and oxygen atoms in total. The Morgan fingerprint density at radius 3 is 2.65 bits per heavy atom. The molecule has 138 valence electrons. The number of nitrogens with zero attached hydrogens (tertiary/aromatic N) is 5. The molecule has 3 heterocycles. The number of carbonyl (C=O) groups is 1. The average Bonchev–Trinajstić information content (AvgIpc) is 3.37. The zero-order valence-electron chi connectivity index (χ0n) is 14.8. The molecule has 0 unspecified atom stereocenters. The summed E-state index contributed by atoms with van der Waals surface area (Å²) in [5, 5.41) is 7.06. The van der Waals surface area contributed by atoms with E-state index in [1.165, 1.54) is 12.7 Å². The van der Waals surface area contributed by atoms with Crippen LogP contribution in [0.25, 0.3) is 5.69 Å². The van der Waals surface area contributed by atoms with Crippen LogP contribution in [-0.4, -0.2) is 76.0 Å². The molecule has 2 aliphatic heterocycles. The summed E-state index contributed by atoms with van der Waals surface area (Å²) in [5.41, 5.74) is 1.68. The Bertz CT molecular complexity index is 704. The van der Waals surface area contributed by atoms with Gasteiger partial charge in [-0.05, 0) is 37.1 Å². The Hall–Kier alpha value is -2.45. The van der Waals surface area contributed by atoms with Gasteiger partial charge < -0.3 is 15.0 Å². The van der Waals surface area contributed by atoms with Crippen LogP contribution >= 0.6 is 0 Å². The number of ether oxygens (including phenoxy) is 1. The highest BCUT2D eigenvalue weighted by Crippen LogP contribution is 2.16. The Morgan fingerprint density at radius 1 is 1.19 bits per heavy atom. The summed E-state index contributed by atoms with van der Waals surface area (Å²) in [6.07, 6.45) is 5.84. The number of hydrogen-bond acceptors (Lipinski definition) is 5. The van der Waals surface area contributed by atoms with E-state index < -0.39 is 0 Å². The van der Waals surface area contributed by atoms with E-state index >= 15 is 0 Å². The fourth-order valence-electron chi connectivity index (χ4n) is 3.45. The van der Waals surface area contributed by atoms with Crippen LogP contribution in [0.15, 0.2) is 36.9 Å². The number of nitrogens with one attached hydrogen (secondary N) is 1. The van der Waals surface area contributed by atoms with Crippen molar-refractivity contribution in [3.8, 4) is 5.69 Å². The molecule has 0 aliphatic carbocycles. The van der Waals surface area contributed by atoms with Crippen molar-refractivity contribution in [2.24, 2.45) is 0 Å². The Kier molecular flexibility index (Phi) is 5.12. The van der Waals surface area contributed by atoms with E-state index in [0.29, 0.717) is 6.10 Å². The summed E-state index contributed by atoms with van der Waals surface area (Å²) in [4.78, 5) is 20.7. The first-order valence-electron chi connectivity index (χ1n) is 9.13. The maximum Gasteiger partial charge on any atom is 0.321 e. The lowest BCUT2D eigenvalue weighted by Gasteiger charge is -2.35. The first kappa shape index (κ1) is 17.0. The van der Waals surface area contributed by atoms with E-state index in [2.05, 4.69) is 20.3 Å². The Balaban J connectivity index is 1.26. The molecule has 0 spiro atoms. The highest BCUT2D eigenvalue weighted by molar-refractivity contribution is 5.89. The highest BCUT2D eigenvalue weighted by atomic mass is 16.5. The number of anilines is 1. The SMILES string of the molecule is O=C(Nc1ccc(-n2cncn2)cc1)N1CCN(C[C@H]2CCCO2)CC1. The van der Waals surface area contributed by atoms with Crippen molar-refractivity contribution in [2.45, 2.75) is 18.9 Å². The number of hydrogen-bond donors (Lipinski definition) is 1. The molecule has 0 saturated carbocycles. The van der Waals surface area contributed by atoms with Gasteiger partial charge in [-0.1, -0.05) is 0 Å². The molecule has 1 atom stereocenters. The second kappa shape index (κ2) is 7.84. The van der Waals surface area contributed by atoms with Gasteiger partial charge in [0, 0.05) is 45.0 Å². The third-order valence-electron chi connectivity index (χ3n) is 4.95. The molecule has 2 amide bonds. The summed E-state index contributed by atoms with van der Waals surface area (Å²) < 4.78 is 7.38. The van der Waals surface area contributed by atoms with Crippen molar-refractivity contribution in [2.75, 3.05) is 44.6 Å². The van der Waals surface area contributed by atoms with Gasteiger partial charge in [0.15, 0.2) is 0 Å². The molecule has 26 heavy (non-hydrogen) atoms. The zero-order valence-corrected chi connectivity index (χ0v) is 14.8. The average molecular weight is 356 g/mol. The van der Waals surface area contributed by atoms with Gasteiger partial charge in [-0.25, -0.2) is 14.5 Å². The van der Waals surface area contributed by atoms with E-state index in [1.54, 1.807) is 11.0 Å². The number of carbonyl (C=O) groups excluding carboxylic acids is 1. The molecule has 2 aliphatic rings. The molecule has 0 bridgehead atoms. The van der Waals surface area contributed by atoms with Gasteiger partial charge in [-0.15, -0.1) is 0 Å². The van der Waals surface area contributed by atoms with Crippen LogP contribution in [0.4, 0.5) is 10.5 Å². The molecular weight excluding hydrogens is 332 g/mol. The van der Waals surface area contributed by atoms with Gasteiger partial charge in [0.1, 0.15) is 12.7 Å². The lowest BCUT2D eigenvalue weighted by Crippen LogP contribution is -2.51. The third-order valence-corrected chi connectivity index (χ3v) is 4.95. The Morgan fingerprint density at radius 2 is 2.00 bits per heavy atom. The number of piperazine rings is 1. The molecular formula is C18H24N6O2. The van der Waals surface area contributed by atoms with Crippen molar-refractivity contribution in [3.05, 3.63) is 36.9 Å². The highest BCUT2D eigenvalue weighted by Gasteiger charge is 2.24. The lowest BCUT2D eigenvalue weighted by molar-refractivity contribution is 0.0572. The quantitative estimate of drug-likeness (QED) is 0.900. The standard InChI is InChI=1S/C18H24N6O2/c25-18(21-15-3-5-16(6-4-15)24-14-19-13-20-24)23-9-7-22(8-10-23)12-17-2-1-11-26-17/h3-6,13-14,17H,1-2,7-12H2,(H,21,25)/t17-/m1/s1. The van der Waals surface area contributed by atoms with Gasteiger partial charge in [0.25, 0.3) is 0 Å². The van der Waals surface area contributed by atoms with E-state index in [4.69, 9.17) is 4.74 Å². The van der Waals surface area contributed by atoms with Crippen LogP contribution < -0.4 is 5.32 Å². The minimum absolute atomic E-state index is 0.0460. The van der Waals surface area contributed by atoms with Gasteiger partial charge in [-0.2, -0.15) is 5.10 Å². The maximum atomic E-state index is 12.5. The minimum Gasteiger partial charge on any atom is -0.377 e. The van der Waals surface area contributed by atoms with Crippen molar-refractivity contribution in [1.82, 2.24) is 24.6 Å². The number of amides is 2. The maximum absolute atomic E-state index is 12.5. The summed E-state index contributed by atoms with van der Waals surface area (Å²) in [7, 11) is 0. The van der Waals surface area contributed by atoms with Crippen molar-refractivity contribution in [3.63, 3.8) is 0 Å². The van der Waals surface area contributed by atoms with E-state index in [9.17, 15) is 4.79 Å². The van der Waals surface area contributed by atoms with Crippen LogP contribution in [0, 0.1) is 0 Å². The minimum atomic E-state index is -0.0460. The van der Waals surface area contributed by atoms with Crippen molar-refractivity contribution < 1.29 is 9.53 Å². The second-order valence-electron chi connectivity index (χ2n) is 6.74. The molecule has 2 fully saturated rings. The first-order valence-corrected chi connectivity index (χ1v) is 9.13. The molecule has 1 N–H and O–H groups in total. The van der Waals surface area contributed by atoms with Crippen LogP contribution in [-0.2, 0) is 4.74 Å². The number of rotatable bonds is 4. The summed E-state index contributed by atoms with van der Waals surface area (Å²) in [6.45, 7) is 5.17. The van der Waals surface area contributed by atoms with Crippen LogP contribution in [0.3, 0.4) is 0 Å². The zero-order chi connectivity index (χ0) is 17.8. The molecule has 8 heteroatoms. The predicted octanol–water partition coefficient (Wildman–Crippen LogP) is 1.60. The first-order chi connectivity index (χ1) is 12.8. The fraction of sp³-hybridized carbons (Fsp3) is 0.500. The van der Waals surface area contributed by atoms with E-state index in [0.717, 1.165) is 57.1 Å². The number of urea groups is 1. The van der Waals surface area contributed by atoms with Crippen LogP contribution in [0.2, 0.25) is 0 Å². The molecule has 1 aromatic carbocycles. The van der Waals surface area contributed by atoms with E-state index in [-0.39, 0.29) is 6.03 Å². The number of aromatic nitrogens is 3.